The highest BCUT2D eigenvalue weighted by molar-refractivity contribution is 5.88. The van der Waals surface area contributed by atoms with E-state index < -0.39 is 0 Å². The first-order valence-electron chi connectivity index (χ1n) is 7.40. The highest BCUT2D eigenvalue weighted by Gasteiger charge is 2.32. The van der Waals surface area contributed by atoms with Crippen LogP contribution in [0.15, 0.2) is 30.3 Å². The molecule has 0 aromatic heterocycles. The first kappa shape index (κ1) is 14.3. The van der Waals surface area contributed by atoms with Crippen molar-refractivity contribution in [2.75, 3.05) is 13.2 Å². The molecule has 0 spiro atoms. The molecule has 3 atom stereocenters. The molecule has 1 aromatic rings. The molecule has 0 aliphatic carbocycles. The molecule has 0 N–H and O–H groups in total. The van der Waals surface area contributed by atoms with Crippen molar-refractivity contribution in [2.45, 2.75) is 39.0 Å². The molecule has 0 amide bonds. The molecule has 0 saturated carbocycles. The standard InChI is InChI=1S/C17H24O2/c1-3-13(2)16(14-8-5-4-6-9-14)17(18)15-10-7-11-19-12-15/h4-6,8-9,13,15-16H,3,7,10-12H2,1-2H3. The molecule has 3 unspecified atom stereocenters. The SMILES string of the molecule is CCC(C)C(C(=O)C1CCCOC1)c1ccccc1. The summed E-state index contributed by atoms with van der Waals surface area (Å²) in [4.78, 5) is 12.8. The summed E-state index contributed by atoms with van der Waals surface area (Å²) in [6, 6.07) is 10.2. The fraction of sp³-hybridized carbons (Fsp3) is 0.588. The second-order valence-corrected chi connectivity index (χ2v) is 5.59. The maximum absolute atomic E-state index is 12.8. The van der Waals surface area contributed by atoms with Gasteiger partial charge in [0.2, 0.25) is 0 Å². The molecule has 1 aliphatic rings. The number of Topliss-reactive ketones (excluding diaryl/α,β-unsaturated/α-hetero) is 1. The molecule has 2 nitrogen and oxygen atoms in total. The monoisotopic (exact) mass is 260 g/mol. The van der Waals surface area contributed by atoms with E-state index in [-0.39, 0.29) is 11.8 Å². The lowest BCUT2D eigenvalue weighted by atomic mass is 9.77. The molecule has 104 valence electrons. The second kappa shape index (κ2) is 6.85. The Morgan fingerprint density at radius 1 is 1.37 bits per heavy atom. The largest absolute Gasteiger partial charge is 0.381 e. The molecule has 2 rings (SSSR count). The summed E-state index contributed by atoms with van der Waals surface area (Å²) in [5.74, 6) is 0.878. The van der Waals surface area contributed by atoms with Gasteiger partial charge in [-0.25, -0.2) is 0 Å². The highest BCUT2D eigenvalue weighted by atomic mass is 16.5. The number of hydrogen-bond donors (Lipinski definition) is 0. The zero-order valence-corrected chi connectivity index (χ0v) is 12.0. The molecular formula is C17H24O2. The summed E-state index contributed by atoms with van der Waals surface area (Å²) in [6.45, 7) is 5.76. The Balaban J connectivity index is 2.20. The van der Waals surface area contributed by atoms with Crippen LogP contribution in [-0.2, 0) is 9.53 Å². The number of rotatable bonds is 5. The van der Waals surface area contributed by atoms with Crippen molar-refractivity contribution in [3.63, 3.8) is 0 Å². The van der Waals surface area contributed by atoms with E-state index >= 15 is 0 Å². The van der Waals surface area contributed by atoms with Gasteiger partial charge in [-0.3, -0.25) is 4.79 Å². The molecule has 1 aliphatic heterocycles. The van der Waals surface area contributed by atoms with E-state index in [2.05, 4.69) is 26.0 Å². The Bertz CT molecular complexity index is 393. The van der Waals surface area contributed by atoms with Gasteiger partial charge in [0.05, 0.1) is 6.61 Å². The van der Waals surface area contributed by atoms with Gasteiger partial charge in [0.1, 0.15) is 5.78 Å². The Kier molecular flexibility index (Phi) is 5.15. The van der Waals surface area contributed by atoms with Crippen molar-refractivity contribution in [3.05, 3.63) is 35.9 Å². The van der Waals surface area contributed by atoms with Gasteiger partial charge in [0.15, 0.2) is 0 Å². The summed E-state index contributed by atoms with van der Waals surface area (Å²) in [7, 11) is 0. The zero-order valence-electron chi connectivity index (χ0n) is 12.0. The third kappa shape index (κ3) is 3.44. The van der Waals surface area contributed by atoms with Crippen molar-refractivity contribution < 1.29 is 9.53 Å². The van der Waals surface area contributed by atoms with Crippen LogP contribution < -0.4 is 0 Å². The topological polar surface area (TPSA) is 26.3 Å². The van der Waals surface area contributed by atoms with Gasteiger partial charge in [-0.2, -0.15) is 0 Å². The highest BCUT2D eigenvalue weighted by Crippen LogP contribution is 2.32. The summed E-state index contributed by atoms with van der Waals surface area (Å²) < 4.78 is 5.48. The van der Waals surface area contributed by atoms with E-state index in [1.807, 2.05) is 18.2 Å². The molecular weight excluding hydrogens is 236 g/mol. The van der Waals surface area contributed by atoms with Crippen molar-refractivity contribution >= 4 is 5.78 Å². The third-order valence-electron chi connectivity index (χ3n) is 4.24. The Hall–Kier alpha value is -1.15. The Morgan fingerprint density at radius 3 is 2.68 bits per heavy atom. The molecule has 1 saturated heterocycles. The van der Waals surface area contributed by atoms with Crippen molar-refractivity contribution in [1.29, 1.82) is 0 Å². The lowest BCUT2D eigenvalue weighted by Crippen LogP contribution is -2.32. The van der Waals surface area contributed by atoms with Crippen LogP contribution in [0.3, 0.4) is 0 Å². The van der Waals surface area contributed by atoms with E-state index in [1.54, 1.807) is 0 Å². The minimum absolute atomic E-state index is 0.0258. The van der Waals surface area contributed by atoms with Crippen LogP contribution >= 0.6 is 0 Å². The van der Waals surface area contributed by atoms with Crippen LogP contribution in [0.2, 0.25) is 0 Å². The van der Waals surface area contributed by atoms with Crippen LogP contribution in [0.1, 0.15) is 44.6 Å². The Morgan fingerprint density at radius 2 is 2.11 bits per heavy atom. The van der Waals surface area contributed by atoms with E-state index in [4.69, 9.17) is 4.74 Å². The lowest BCUT2D eigenvalue weighted by molar-refractivity contribution is -0.129. The molecule has 0 bridgehead atoms. The Labute approximate surface area is 116 Å². The smallest absolute Gasteiger partial charge is 0.145 e. The maximum atomic E-state index is 12.8. The van der Waals surface area contributed by atoms with E-state index in [0.29, 0.717) is 18.3 Å². The number of benzene rings is 1. The molecule has 1 aromatic carbocycles. The van der Waals surface area contributed by atoms with Gasteiger partial charge in [-0.15, -0.1) is 0 Å². The number of ether oxygens (including phenoxy) is 1. The molecule has 19 heavy (non-hydrogen) atoms. The predicted octanol–water partition coefficient (Wildman–Crippen LogP) is 3.81. The van der Waals surface area contributed by atoms with Crippen LogP contribution in [0.4, 0.5) is 0 Å². The predicted molar refractivity (Wildman–Crippen MR) is 77.2 cm³/mol. The van der Waals surface area contributed by atoms with Gasteiger partial charge in [-0.05, 0) is 24.3 Å². The number of carbonyl (C=O) groups is 1. The van der Waals surface area contributed by atoms with Crippen molar-refractivity contribution in [2.24, 2.45) is 11.8 Å². The lowest BCUT2D eigenvalue weighted by Gasteiger charge is -2.29. The van der Waals surface area contributed by atoms with E-state index in [9.17, 15) is 4.79 Å². The van der Waals surface area contributed by atoms with Crippen molar-refractivity contribution in [1.82, 2.24) is 0 Å². The summed E-state index contributed by atoms with van der Waals surface area (Å²) in [5.41, 5.74) is 1.16. The number of ketones is 1. The summed E-state index contributed by atoms with van der Waals surface area (Å²) >= 11 is 0. The molecule has 2 heteroatoms. The zero-order chi connectivity index (χ0) is 13.7. The van der Waals surface area contributed by atoms with E-state index in [0.717, 1.165) is 31.4 Å². The van der Waals surface area contributed by atoms with Gasteiger partial charge in [0, 0.05) is 18.4 Å². The van der Waals surface area contributed by atoms with Gasteiger partial charge >= 0.3 is 0 Å². The summed E-state index contributed by atoms with van der Waals surface area (Å²) in [6.07, 6.45) is 3.02. The minimum atomic E-state index is 0.0258. The maximum Gasteiger partial charge on any atom is 0.145 e. The average Bonchev–Trinajstić information content (AvgIpc) is 2.49. The van der Waals surface area contributed by atoms with Crippen LogP contribution in [0.5, 0.6) is 0 Å². The molecule has 1 heterocycles. The average molecular weight is 260 g/mol. The van der Waals surface area contributed by atoms with Gasteiger partial charge in [-0.1, -0.05) is 50.6 Å². The van der Waals surface area contributed by atoms with Crippen molar-refractivity contribution in [3.8, 4) is 0 Å². The normalized spacial score (nSPS) is 22.7. The number of carbonyl (C=O) groups excluding carboxylic acids is 1. The fourth-order valence-electron chi connectivity index (χ4n) is 2.89. The first-order chi connectivity index (χ1) is 9.24. The molecule has 0 radical (unpaired) electrons. The van der Waals surface area contributed by atoms with Crippen LogP contribution in [0.25, 0.3) is 0 Å². The fourth-order valence-corrected chi connectivity index (χ4v) is 2.89. The molecule has 1 fully saturated rings. The van der Waals surface area contributed by atoms with Crippen LogP contribution in [-0.4, -0.2) is 19.0 Å². The summed E-state index contributed by atoms with van der Waals surface area (Å²) in [5, 5.41) is 0. The number of hydrogen-bond acceptors (Lipinski definition) is 2. The van der Waals surface area contributed by atoms with Gasteiger partial charge in [0.25, 0.3) is 0 Å². The minimum Gasteiger partial charge on any atom is -0.381 e. The van der Waals surface area contributed by atoms with E-state index in [1.165, 1.54) is 0 Å². The second-order valence-electron chi connectivity index (χ2n) is 5.59. The van der Waals surface area contributed by atoms with Crippen LogP contribution in [0, 0.1) is 11.8 Å². The van der Waals surface area contributed by atoms with Gasteiger partial charge < -0.3 is 4.74 Å². The quantitative estimate of drug-likeness (QED) is 0.804. The third-order valence-corrected chi connectivity index (χ3v) is 4.24. The first-order valence-corrected chi connectivity index (χ1v) is 7.40.